The summed E-state index contributed by atoms with van der Waals surface area (Å²) in [6.45, 7) is 1.77. The summed E-state index contributed by atoms with van der Waals surface area (Å²) in [5.41, 5.74) is 0.996. The molecule has 2 atom stereocenters. The van der Waals surface area contributed by atoms with Crippen molar-refractivity contribution in [3.8, 4) is 0 Å². The van der Waals surface area contributed by atoms with E-state index in [0.717, 1.165) is 0 Å². The molecule has 2 rings (SSSR count). The normalized spacial score (nSPS) is 13.4. The number of carbonyl (C=O) groups excluding carboxylic acids is 2. The van der Waals surface area contributed by atoms with Crippen LogP contribution in [0, 0.1) is 0 Å². The number of ketones is 1. The number of esters is 1. The molecule has 0 spiro atoms. The minimum atomic E-state index is -1.41. The molecule has 26 heavy (non-hydrogen) atoms. The average molecular weight is 459 g/mol. The summed E-state index contributed by atoms with van der Waals surface area (Å²) in [5.74, 6) is -1.27. The third-order valence-corrected chi connectivity index (χ3v) is 4.88. The van der Waals surface area contributed by atoms with Gasteiger partial charge >= 0.3 is 5.97 Å². The molecule has 0 saturated heterocycles. The highest BCUT2D eigenvalue weighted by atomic mass is 79.9. The van der Waals surface area contributed by atoms with Crippen LogP contribution in [0.1, 0.15) is 17.3 Å². The van der Waals surface area contributed by atoms with Crippen molar-refractivity contribution in [2.24, 2.45) is 10.2 Å². The predicted molar refractivity (Wildman–Crippen MR) is 105 cm³/mol. The molecule has 0 heterocycles. The highest BCUT2D eigenvalue weighted by Crippen LogP contribution is 2.29. The lowest BCUT2D eigenvalue weighted by Gasteiger charge is -2.14. The third-order valence-electron chi connectivity index (χ3n) is 3.33. The minimum Gasteiger partial charge on any atom is -0.464 e. The first kappa shape index (κ1) is 20.6. The largest absolute Gasteiger partial charge is 0.464 e. The van der Waals surface area contributed by atoms with Crippen molar-refractivity contribution in [1.82, 2.24) is 0 Å². The highest BCUT2D eigenvalue weighted by molar-refractivity contribution is 9.09. The highest BCUT2D eigenvalue weighted by Gasteiger charge is 2.33. The fourth-order valence-electron chi connectivity index (χ4n) is 2.03. The van der Waals surface area contributed by atoms with Gasteiger partial charge in [0, 0.05) is 5.02 Å². The molecular formula is C18H15BrCl2N2O3. The number of benzene rings is 2. The zero-order valence-corrected chi connectivity index (χ0v) is 16.8. The molecule has 0 aliphatic rings. The van der Waals surface area contributed by atoms with Crippen molar-refractivity contribution in [3.63, 3.8) is 0 Å². The summed E-state index contributed by atoms with van der Waals surface area (Å²) in [6.07, 6.45) is 0. The number of carbonyl (C=O) groups is 2. The van der Waals surface area contributed by atoms with Gasteiger partial charge in [0.15, 0.2) is 5.78 Å². The Balaban J connectivity index is 2.28. The second kappa shape index (κ2) is 9.80. The summed E-state index contributed by atoms with van der Waals surface area (Å²) in [4.78, 5) is 24.2. The molecule has 136 valence electrons. The van der Waals surface area contributed by atoms with Crippen LogP contribution in [-0.4, -0.2) is 24.4 Å². The molecule has 2 aromatic rings. The zero-order valence-electron chi connectivity index (χ0n) is 13.7. The fraction of sp³-hybridized carbons (Fsp3) is 0.222. The number of hydrogen-bond acceptors (Lipinski definition) is 5. The van der Waals surface area contributed by atoms with Crippen LogP contribution < -0.4 is 0 Å². The van der Waals surface area contributed by atoms with E-state index in [1.54, 1.807) is 55.5 Å². The zero-order chi connectivity index (χ0) is 19.1. The molecule has 0 fully saturated rings. The Kier molecular flexibility index (Phi) is 7.75. The lowest BCUT2D eigenvalue weighted by molar-refractivity contribution is -0.147. The van der Waals surface area contributed by atoms with E-state index in [1.165, 1.54) is 0 Å². The van der Waals surface area contributed by atoms with Crippen molar-refractivity contribution >= 4 is 56.6 Å². The van der Waals surface area contributed by atoms with Crippen molar-refractivity contribution in [2.75, 3.05) is 6.61 Å². The standard InChI is InChI=1S/C18H15BrCl2N2O3/c1-2-26-18(25)16(23-22-14-6-4-3-5-13(14)21)17(24)15(19)11-7-9-12(20)10-8-11/h3-10,15-16H,2H2,1H3/i18+1. The van der Waals surface area contributed by atoms with Crippen LogP contribution in [0.5, 0.6) is 0 Å². The quantitative estimate of drug-likeness (QED) is 0.175. The van der Waals surface area contributed by atoms with E-state index >= 15 is 0 Å². The first-order chi connectivity index (χ1) is 12.4. The Hall–Kier alpha value is -1.76. The summed E-state index contributed by atoms with van der Waals surface area (Å²) < 4.78 is 4.96. The predicted octanol–water partition coefficient (Wildman–Crippen LogP) is 5.71. The van der Waals surface area contributed by atoms with Crippen molar-refractivity contribution < 1.29 is 14.3 Å². The van der Waals surface area contributed by atoms with Gasteiger partial charge in [-0.3, -0.25) is 4.79 Å². The topological polar surface area (TPSA) is 68.1 Å². The molecular weight excluding hydrogens is 444 g/mol. The van der Waals surface area contributed by atoms with E-state index in [9.17, 15) is 9.59 Å². The second-order valence-electron chi connectivity index (χ2n) is 5.14. The smallest absolute Gasteiger partial charge is 0.340 e. The van der Waals surface area contributed by atoms with E-state index in [-0.39, 0.29) is 6.61 Å². The van der Waals surface area contributed by atoms with E-state index in [1.807, 2.05) is 0 Å². The van der Waals surface area contributed by atoms with Gasteiger partial charge in [0.25, 0.3) is 0 Å². The molecule has 2 unspecified atom stereocenters. The molecule has 0 aliphatic carbocycles. The summed E-state index contributed by atoms with van der Waals surface area (Å²) in [5, 5.41) is 8.75. The van der Waals surface area contributed by atoms with Gasteiger partial charge in [-0.05, 0) is 36.8 Å². The number of Topliss-reactive ketones (excluding diaryl/α,β-unsaturated/α-hetero) is 1. The average Bonchev–Trinajstić information content (AvgIpc) is 2.63. The summed E-state index contributed by atoms with van der Waals surface area (Å²) in [7, 11) is 0. The van der Waals surface area contributed by atoms with Crippen molar-refractivity contribution in [1.29, 1.82) is 0 Å². The van der Waals surface area contributed by atoms with Crippen LogP contribution in [0.15, 0.2) is 58.8 Å². The van der Waals surface area contributed by atoms with Gasteiger partial charge in [-0.1, -0.05) is 63.4 Å². The first-order valence-corrected chi connectivity index (χ1v) is 9.36. The Morgan fingerprint density at radius 1 is 1.12 bits per heavy atom. The van der Waals surface area contributed by atoms with E-state index in [0.29, 0.717) is 21.3 Å². The second-order valence-corrected chi connectivity index (χ2v) is 6.90. The number of halogens is 3. The van der Waals surface area contributed by atoms with Crippen LogP contribution in [0.25, 0.3) is 0 Å². The van der Waals surface area contributed by atoms with E-state index < -0.39 is 22.6 Å². The molecule has 0 bridgehead atoms. The van der Waals surface area contributed by atoms with E-state index in [4.69, 9.17) is 27.9 Å². The molecule has 0 radical (unpaired) electrons. The molecule has 0 amide bonds. The summed E-state index contributed by atoms with van der Waals surface area (Å²) in [6, 6.07) is 12.0. The maximum Gasteiger partial charge on any atom is 0.340 e. The van der Waals surface area contributed by atoms with Crippen LogP contribution in [0.3, 0.4) is 0 Å². The molecule has 0 saturated carbocycles. The van der Waals surface area contributed by atoms with Gasteiger partial charge in [0.2, 0.25) is 6.04 Å². The fourth-order valence-corrected chi connectivity index (χ4v) is 2.88. The van der Waals surface area contributed by atoms with Gasteiger partial charge in [0.05, 0.1) is 11.6 Å². The SMILES string of the molecule is CCO[13C](=O)C(N=Nc1ccccc1Cl)C(=O)C(Br)c1ccc(Cl)cc1. The van der Waals surface area contributed by atoms with E-state index in [2.05, 4.69) is 26.2 Å². The lowest BCUT2D eigenvalue weighted by Crippen LogP contribution is -2.32. The number of hydrogen-bond donors (Lipinski definition) is 0. The Morgan fingerprint density at radius 3 is 2.38 bits per heavy atom. The number of nitrogens with zero attached hydrogens (tertiary/aromatic N) is 2. The molecule has 0 N–H and O–H groups in total. The van der Waals surface area contributed by atoms with Gasteiger partial charge in [-0.2, -0.15) is 10.2 Å². The van der Waals surface area contributed by atoms with Crippen molar-refractivity contribution in [3.05, 3.63) is 64.1 Å². The molecule has 2 aromatic carbocycles. The minimum absolute atomic E-state index is 0.123. The van der Waals surface area contributed by atoms with Crippen LogP contribution >= 0.6 is 39.1 Å². The van der Waals surface area contributed by atoms with Gasteiger partial charge in [-0.25, -0.2) is 4.79 Å². The summed E-state index contributed by atoms with van der Waals surface area (Å²) >= 11 is 15.2. The first-order valence-electron chi connectivity index (χ1n) is 7.69. The number of alkyl halides is 1. The van der Waals surface area contributed by atoms with Gasteiger partial charge < -0.3 is 4.74 Å². The molecule has 0 aromatic heterocycles. The Morgan fingerprint density at radius 2 is 1.77 bits per heavy atom. The van der Waals surface area contributed by atoms with Crippen LogP contribution in [0.4, 0.5) is 5.69 Å². The number of azo groups is 1. The Bertz CT molecular complexity index is 812. The molecule has 0 aliphatic heterocycles. The van der Waals surface area contributed by atoms with Crippen LogP contribution in [0.2, 0.25) is 10.0 Å². The van der Waals surface area contributed by atoms with Crippen molar-refractivity contribution in [2.45, 2.75) is 17.8 Å². The molecule has 5 nitrogen and oxygen atoms in total. The Labute approximate surface area is 169 Å². The lowest BCUT2D eigenvalue weighted by atomic mass is 10.1. The number of ether oxygens (including phenoxy) is 1. The van der Waals surface area contributed by atoms with Crippen LogP contribution in [-0.2, 0) is 14.3 Å². The monoisotopic (exact) mass is 457 g/mol. The maximum atomic E-state index is 12.8. The maximum absolute atomic E-state index is 12.8. The van der Waals surface area contributed by atoms with Gasteiger partial charge in [-0.15, -0.1) is 0 Å². The molecule has 8 heteroatoms. The third kappa shape index (κ3) is 5.37. The van der Waals surface area contributed by atoms with Gasteiger partial charge in [0.1, 0.15) is 10.5 Å². The number of rotatable bonds is 7.